The number of pyridine rings is 1. The number of ether oxygens (including phenoxy) is 5. The van der Waals surface area contributed by atoms with Gasteiger partial charge in [0, 0.05) is 53.5 Å². The van der Waals surface area contributed by atoms with Crippen LogP contribution in [-0.4, -0.2) is 73.8 Å². The summed E-state index contributed by atoms with van der Waals surface area (Å²) in [6, 6.07) is 27.1. The Hall–Kier alpha value is -5.73. The van der Waals surface area contributed by atoms with E-state index in [1.165, 1.54) is 11.1 Å². The van der Waals surface area contributed by atoms with Crippen molar-refractivity contribution in [3.8, 4) is 28.7 Å². The highest BCUT2D eigenvalue weighted by Crippen LogP contribution is 2.43. The van der Waals surface area contributed by atoms with Crippen molar-refractivity contribution in [2.24, 2.45) is 0 Å². The second kappa shape index (κ2) is 17.6. The zero-order chi connectivity index (χ0) is 43.0. The fourth-order valence-electron chi connectivity index (χ4n) is 8.93. The molecule has 0 fully saturated rings. The number of nitrogens with one attached hydrogen (secondary N) is 2. The Balaban J connectivity index is 0.950. The number of anilines is 4. The van der Waals surface area contributed by atoms with Crippen LogP contribution in [0, 0.1) is 0 Å². The van der Waals surface area contributed by atoms with Gasteiger partial charge in [-0.1, -0.05) is 58.0 Å². The van der Waals surface area contributed by atoms with E-state index in [1.807, 2.05) is 81.3 Å². The molecule has 4 aromatic carbocycles. The molecule has 9 rings (SSSR count). The number of aromatic nitrogens is 1. The van der Waals surface area contributed by atoms with Crippen molar-refractivity contribution in [3.63, 3.8) is 0 Å². The molecular weight excluding hydrogens is 823 g/mol. The van der Waals surface area contributed by atoms with Gasteiger partial charge in [0.15, 0.2) is 23.0 Å². The molecule has 0 radical (unpaired) electrons. The van der Waals surface area contributed by atoms with Crippen LogP contribution in [0.15, 0.2) is 84.9 Å². The molecular formula is C48H51N5O7S2. The maximum atomic E-state index is 14.0. The summed E-state index contributed by atoms with van der Waals surface area (Å²) in [6.07, 6.45) is 5.56. The van der Waals surface area contributed by atoms with Crippen molar-refractivity contribution in [1.29, 1.82) is 0 Å². The summed E-state index contributed by atoms with van der Waals surface area (Å²) < 4.78 is 30.9. The van der Waals surface area contributed by atoms with E-state index in [9.17, 15) is 9.59 Å². The molecule has 0 saturated heterocycles. The summed E-state index contributed by atoms with van der Waals surface area (Å²) in [6.45, 7) is 6.44. The predicted molar refractivity (Wildman–Crippen MR) is 247 cm³/mol. The number of carbonyl (C=O) groups is 2. The molecule has 0 unspecified atom stereocenters. The number of amides is 2. The lowest BCUT2D eigenvalue weighted by molar-refractivity contribution is 0.0975. The first-order valence-electron chi connectivity index (χ1n) is 21.0. The maximum Gasteiger partial charge on any atom is 0.260 e. The average molecular weight is 874 g/mol. The van der Waals surface area contributed by atoms with Crippen LogP contribution in [0.5, 0.6) is 28.7 Å². The molecule has 0 spiro atoms. The van der Waals surface area contributed by atoms with Gasteiger partial charge in [-0.05, 0) is 81.2 Å². The number of benzene rings is 4. The van der Waals surface area contributed by atoms with Crippen molar-refractivity contribution >= 4 is 56.2 Å². The fraction of sp³-hybridized carbons (Fsp3) is 0.354. The van der Waals surface area contributed by atoms with Crippen LogP contribution < -0.4 is 44.1 Å². The monoisotopic (exact) mass is 873 g/mol. The van der Waals surface area contributed by atoms with Gasteiger partial charge in [-0.15, -0.1) is 0 Å². The van der Waals surface area contributed by atoms with Crippen LogP contribution in [0.3, 0.4) is 0 Å². The summed E-state index contributed by atoms with van der Waals surface area (Å²) in [4.78, 5) is 36.8. The minimum absolute atomic E-state index is 0.00556. The fourth-order valence-corrected chi connectivity index (χ4v) is 11.2. The van der Waals surface area contributed by atoms with E-state index in [0.29, 0.717) is 82.3 Å². The Bertz CT molecular complexity index is 2360. The van der Waals surface area contributed by atoms with Gasteiger partial charge in [-0.2, -0.15) is 0 Å². The van der Waals surface area contributed by atoms with Gasteiger partial charge in [0.1, 0.15) is 19.0 Å². The molecule has 4 aliphatic rings. The van der Waals surface area contributed by atoms with Gasteiger partial charge in [-0.25, -0.2) is 0 Å². The quantitative estimate of drug-likeness (QED) is 0.0770. The van der Waals surface area contributed by atoms with Gasteiger partial charge in [0.25, 0.3) is 11.8 Å². The van der Waals surface area contributed by atoms with Crippen molar-refractivity contribution < 1.29 is 33.3 Å². The normalized spacial score (nSPS) is 17.2. The van der Waals surface area contributed by atoms with Crippen molar-refractivity contribution in [2.45, 2.75) is 69.6 Å². The smallest absolute Gasteiger partial charge is 0.260 e. The molecule has 14 heteroatoms. The Morgan fingerprint density at radius 1 is 0.694 bits per heavy atom. The lowest BCUT2D eigenvalue weighted by Crippen LogP contribution is -2.39. The number of methoxy groups -OCH3 is 2. The third kappa shape index (κ3) is 8.29. The number of hydrogen-bond donors (Lipinski definition) is 2. The van der Waals surface area contributed by atoms with Crippen LogP contribution in [-0.2, 0) is 26.1 Å². The van der Waals surface area contributed by atoms with Crippen LogP contribution in [0.1, 0.15) is 69.9 Å². The molecule has 12 nitrogen and oxygen atoms in total. The van der Waals surface area contributed by atoms with Gasteiger partial charge < -0.3 is 44.1 Å². The molecule has 0 bridgehead atoms. The Morgan fingerprint density at radius 3 is 1.68 bits per heavy atom. The second-order valence-corrected chi connectivity index (χ2v) is 19.6. The molecule has 4 aliphatic heterocycles. The summed E-state index contributed by atoms with van der Waals surface area (Å²) in [7, 11) is 6.79. The highest BCUT2D eigenvalue weighted by Gasteiger charge is 2.39. The first-order chi connectivity index (χ1) is 30.1. The summed E-state index contributed by atoms with van der Waals surface area (Å²) in [5, 5.41) is 7.02. The van der Waals surface area contributed by atoms with Gasteiger partial charge in [0.05, 0.1) is 66.8 Å². The zero-order valence-electron chi connectivity index (χ0n) is 35.6. The highest BCUT2D eigenvalue weighted by atomic mass is 33.1. The molecule has 322 valence electrons. The zero-order valence-corrected chi connectivity index (χ0v) is 37.3. The van der Waals surface area contributed by atoms with Gasteiger partial charge in [0.2, 0.25) is 0 Å². The predicted octanol–water partition coefficient (Wildman–Crippen LogP) is 9.20. The number of carbonyl (C=O) groups excluding carboxylic acids is 2. The third-order valence-electron chi connectivity index (χ3n) is 11.9. The lowest BCUT2D eigenvalue weighted by atomic mass is 10.1. The van der Waals surface area contributed by atoms with Crippen LogP contribution >= 0.6 is 21.6 Å². The molecule has 2 amide bonds. The van der Waals surface area contributed by atoms with Crippen LogP contribution in [0.2, 0.25) is 0 Å². The van der Waals surface area contributed by atoms with Crippen LogP contribution in [0.25, 0.3) is 0 Å². The summed E-state index contributed by atoms with van der Waals surface area (Å²) in [5.41, 5.74) is 7.92. The van der Waals surface area contributed by atoms with E-state index in [4.69, 9.17) is 28.7 Å². The van der Waals surface area contributed by atoms with Crippen LogP contribution in [0.4, 0.5) is 22.7 Å². The molecule has 62 heavy (non-hydrogen) atoms. The second-order valence-electron chi connectivity index (χ2n) is 16.5. The third-order valence-corrected chi connectivity index (χ3v) is 14.5. The summed E-state index contributed by atoms with van der Waals surface area (Å²) in [5.74, 6) is 2.35. The average Bonchev–Trinajstić information content (AvgIpc) is 3.77. The highest BCUT2D eigenvalue weighted by molar-refractivity contribution is 8.76. The standard InChI is InChI=1S/C48H51N5O7S2/c1-48(2,62-61-5)15-10-16-58-35-19-31(27-59-44-23-38-36(21-42(44)56-3)46(54)52-33(25-49-38)17-29-11-6-8-13-40(29)52)51-32(20-35)28-60-45-24-39-37(22-43(45)57-4)47(55)53-34(26-50-39)18-30-12-7-9-14-41(30)53/h6-9,11-14,19-24,33-34,49-50H,10,15-18,25-28H2,1-5H3/t33-,34-/m0/s1. The Kier molecular flexibility index (Phi) is 11.8. The van der Waals surface area contributed by atoms with E-state index in [-0.39, 0.29) is 41.9 Å². The SMILES string of the molecule is COc1cc2c(cc1OCc1cc(OCCCC(C)(C)SSC)cc(COc3cc4c(cc3OC)C(=O)N3c5ccccc5C[C@H]3CN4)n1)NC[C@@H]1Cc3ccccc3N1C2=O. The number of nitrogens with zero attached hydrogens (tertiary/aromatic N) is 3. The van der Waals surface area contributed by atoms with Gasteiger partial charge in [-0.3, -0.25) is 14.6 Å². The van der Waals surface area contributed by atoms with E-state index in [2.05, 4.69) is 42.9 Å². The molecule has 2 N–H and O–H groups in total. The minimum Gasteiger partial charge on any atom is -0.493 e. The molecule has 5 heterocycles. The molecule has 0 aliphatic carbocycles. The van der Waals surface area contributed by atoms with E-state index >= 15 is 0 Å². The number of rotatable bonds is 15. The molecule has 5 aromatic rings. The first-order valence-corrected chi connectivity index (χ1v) is 23.5. The summed E-state index contributed by atoms with van der Waals surface area (Å²) >= 11 is 0. The minimum atomic E-state index is -0.0732. The van der Waals surface area contributed by atoms with E-state index < -0.39 is 0 Å². The number of hydrogen-bond acceptors (Lipinski definition) is 12. The topological polar surface area (TPSA) is 124 Å². The molecule has 0 saturated carbocycles. The largest absolute Gasteiger partial charge is 0.493 e. The Labute approximate surface area is 370 Å². The van der Waals surface area contributed by atoms with E-state index in [0.717, 1.165) is 37.1 Å². The van der Waals surface area contributed by atoms with Gasteiger partial charge >= 0.3 is 0 Å². The lowest BCUT2D eigenvalue weighted by Gasteiger charge is -2.23. The maximum absolute atomic E-state index is 14.0. The Morgan fingerprint density at radius 2 is 1.19 bits per heavy atom. The number of para-hydroxylation sites is 2. The number of fused-ring (bicyclic) bond motifs is 8. The first kappa shape index (κ1) is 41.6. The molecule has 2 atom stereocenters. The van der Waals surface area contributed by atoms with E-state index in [1.54, 1.807) is 37.1 Å². The van der Waals surface area contributed by atoms with Crippen molar-refractivity contribution in [3.05, 3.63) is 119 Å². The van der Waals surface area contributed by atoms with Crippen molar-refractivity contribution in [1.82, 2.24) is 4.98 Å². The molecule has 1 aromatic heterocycles. The van der Waals surface area contributed by atoms with Crippen molar-refractivity contribution in [2.75, 3.05) is 60.6 Å².